The minimum atomic E-state index is -0.0440. The summed E-state index contributed by atoms with van der Waals surface area (Å²) in [5, 5.41) is 0. The number of hydrogen-bond acceptors (Lipinski definition) is 4. The third kappa shape index (κ3) is 2.16. The number of amides is 1. The standard InChI is InChI=1S/C14H19N5O/c1-10-4-2-7-19(12(10)8-15)13(20)11-9-18-6-3-5-16-14(18)17-11/h3,5-6,9-10,12H,2,4,7-8,15H2,1H3/t10-,12+/m1/s1. The third-order valence-corrected chi connectivity index (χ3v) is 4.07. The molecule has 0 spiro atoms. The van der Waals surface area contributed by atoms with E-state index < -0.39 is 0 Å². The number of nitrogens with two attached hydrogens (primary N) is 1. The Kier molecular flexibility index (Phi) is 3.40. The first-order valence-corrected chi connectivity index (χ1v) is 7.01. The van der Waals surface area contributed by atoms with Gasteiger partial charge in [0.25, 0.3) is 5.91 Å². The van der Waals surface area contributed by atoms with Crippen LogP contribution in [0.2, 0.25) is 0 Å². The molecule has 2 aromatic heterocycles. The first-order valence-electron chi connectivity index (χ1n) is 7.01. The lowest BCUT2D eigenvalue weighted by Gasteiger charge is -2.39. The highest BCUT2D eigenvalue weighted by Gasteiger charge is 2.32. The quantitative estimate of drug-likeness (QED) is 0.883. The van der Waals surface area contributed by atoms with Crippen LogP contribution in [0, 0.1) is 5.92 Å². The largest absolute Gasteiger partial charge is 0.333 e. The second kappa shape index (κ2) is 5.20. The average Bonchev–Trinajstić information content (AvgIpc) is 2.90. The summed E-state index contributed by atoms with van der Waals surface area (Å²) in [7, 11) is 0. The van der Waals surface area contributed by atoms with E-state index in [1.165, 1.54) is 0 Å². The topological polar surface area (TPSA) is 76.5 Å². The van der Waals surface area contributed by atoms with Gasteiger partial charge in [0.1, 0.15) is 5.69 Å². The lowest BCUT2D eigenvalue weighted by atomic mass is 9.90. The molecule has 1 amide bonds. The molecular formula is C14H19N5O. The molecule has 2 atom stereocenters. The Bertz CT molecular complexity index is 590. The molecule has 6 nitrogen and oxygen atoms in total. The van der Waals surface area contributed by atoms with Crippen molar-refractivity contribution in [2.45, 2.75) is 25.8 Å². The van der Waals surface area contributed by atoms with Crippen LogP contribution in [0.5, 0.6) is 0 Å². The molecule has 0 aromatic carbocycles. The first-order chi connectivity index (χ1) is 9.70. The van der Waals surface area contributed by atoms with Gasteiger partial charge in [0.2, 0.25) is 5.78 Å². The summed E-state index contributed by atoms with van der Waals surface area (Å²) in [4.78, 5) is 23.0. The SMILES string of the molecule is C[C@@H]1CCCN(C(=O)c2cn3cccnc3n2)[C@H]1CN. The molecule has 3 heterocycles. The molecule has 3 rings (SSSR count). The van der Waals surface area contributed by atoms with E-state index in [0.717, 1.165) is 19.4 Å². The highest BCUT2D eigenvalue weighted by molar-refractivity contribution is 5.93. The van der Waals surface area contributed by atoms with Crippen LogP contribution in [-0.4, -0.2) is 44.3 Å². The van der Waals surface area contributed by atoms with Gasteiger partial charge in [-0.3, -0.25) is 9.20 Å². The number of likely N-dealkylation sites (tertiary alicyclic amines) is 1. The molecule has 20 heavy (non-hydrogen) atoms. The maximum atomic E-state index is 12.7. The summed E-state index contributed by atoms with van der Waals surface area (Å²) in [6, 6.07) is 1.92. The van der Waals surface area contributed by atoms with Gasteiger partial charge in [0, 0.05) is 37.7 Å². The van der Waals surface area contributed by atoms with Crippen LogP contribution >= 0.6 is 0 Å². The van der Waals surface area contributed by atoms with Gasteiger partial charge in [-0.2, -0.15) is 0 Å². The normalized spacial score (nSPS) is 23.2. The van der Waals surface area contributed by atoms with E-state index in [2.05, 4.69) is 16.9 Å². The second-order valence-corrected chi connectivity index (χ2v) is 5.37. The van der Waals surface area contributed by atoms with Crippen molar-refractivity contribution in [3.05, 3.63) is 30.4 Å². The number of aromatic nitrogens is 3. The maximum Gasteiger partial charge on any atom is 0.274 e. The van der Waals surface area contributed by atoms with Crippen LogP contribution in [0.3, 0.4) is 0 Å². The van der Waals surface area contributed by atoms with E-state index in [0.29, 0.717) is 23.9 Å². The predicted octanol–water partition coefficient (Wildman–Crippen LogP) is 0.929. The minimum absolute atomic E-state index is 0.0440. The number of imidazole rings is 1. The highest BCUT2D eigenvalue weighted by Crippen LogP contribution is 2.24. The number of carbonyl (C=O) groups is 1. The van der Waals surface area contributed by atoms with E-state index in [4.69, 9.17) is 5.73 Å². The molecule has 0 radical (unpaired) electrons. The number of rotatable bonds is 2. The van der Waals surface area contributed by atoms with Crippen molar-refractivity contribution < 1.29 is 4.79 Å². The van der Waals surface area contributed by atoms with E-state index >= 15 is 0 Å². The van der Waals surface area contributed by atoms with Crippen LogP contribution in [0.1, 0.15) is 30.3 Å². The molecule has 1 saturated heterocycles. The van der Waals surface area contributed by atoms with Gasteiger partial charge < -0.3 is 10.6 Å². The van der Waals surface area contributed by atoms with Crippen molar-refractivity contribution in [1.29, 1.82) is 0 Å². The molecule has 0 bridgehead atoms. The van der Waals surface area contributed by atoms with Crippen LogP contribution in [0.25, 0.3) is 5.78 Å². The Hall–Kier alpha value is -1.95. The van der Waals surface area contributed by atoms with Crippen molar-refractivity contribution in [2.24, 2.45) is 11.7 Å². The van der Waals surface area contributed by atoms with Crippen LogP contribution < -0.4 is 5.73 Å². The summed E-state index contributed by atoms with van der Waals surface area (Å²) in [6.07, 6.45) is 7.39. The molecule has 106 valence electrons. The molecule has 0 saturated carbocycles. The van der Waals surface area contributed by atoms with Gasteiger partial charge in [-0.25, -0.2) is 9.97 Å². The summed E-state index contributed by atoms with van der Waals surface area (Å²) < 4.78 is 1.76. The molecule has 2 N–H and O–H groups in total. The lowest BCUT2D eigenvalue weighted by molar-refractivity contribution is 0.0527. The van der Waals surface area contributed by atoms with Crippen LogP contribution in [-0.2, 0) is 0 Å². The number of piperidine rings is 1. The van der Waals surface area contributed by atoms with Gasteiger partial charge in [0.05, 0.1) is 0 Å². The zero-order valence-corrected chi connectivity index (χ0v) is 11.6. The van der Waals surface area contributed by atoms with Crippen LogP contribution in [0.4, 0.5) is 0 Å². The zero-order chi connectivity index (χ0) is 14.1. The molecule has 1 aliphatic heterocycles. The Labute approximate surface area is 117 Å². The van der Waals surface area contributed by atoms with E-state index in [9.17, 15) is 4.79 Å². The van der Waals surface area contributed by atoms with Gasteiger partial charge in [-0.1, -0.05) is 6.92 Å². The third-order valence-electron chi connectivity index (χ3n) is 4.07. The number of hydrogen-bond donors (Lipinski definition) is 1. The minimum Gasteiger partial charge on any atom is -0.333 e. The van der Waals surface area contributed by atoms with E-state index in [1.807, 2.05) is 17.2 Å². The molecule has 6 heteroatoms. The van der Waals surface area contributed by atoms with Crippen molar-refractivity contribution >= 4 is 11.7 Å². The Morgan fingerprint density at radius 1 is 1.55 bits per heavy atom. The first kappa shape index (κ1) is 13.1. The van der Waals surface area contributed by atoms with E-state index in [1.54, 1.807) is 16.8 Å². The fourth-order valence-corrected chi connectivity index (χ4v) is 2.94. The number of fused-ring (bicyclic) bond motifs is 1. The molecule has 2 aromatic rings. The summed E-state index contributed by atoms with van der Waals surface area (Å²) in [5.74, 6) is 0.940. The fraction of sp³-hybridized carbons (Fsp3) is 0.500. The lowest BCUT2D eigenvalue weighted by Crippen LogP contribution is -2.51. The van der Waals surface area contributed by atoms with Crippen LogP contribution in [0.15, 0.2) is 24.7 Å². The number of nitrogens with zero attached hydrogens (tertiary/aromatic N) is 4. The smallest absolute Gasteiger partial charge is 0.274 e. The summed E-state index contributed by atoms with van der Waals surface area (Å²) in [6.45, 7) is 3.41. The zero-order valence-electron chi connectivity index (χ0n) is 11.6. The second-order valence-electron chi connectivity index (χ2n) is 5.37. The molecular weight excluding hydrogens is 254 g/mol. The highest BCUT2D eigenvalue weighted by atomic mass is 16.2. The Morgan fingerprint density at radius 2 is 2.40 bits per heavy atom. The Balaban J connectivity index is 1.90. The molecule has 0 unspecified atom stereocenters. The van der Waals surface area contributed by atoms with Gasteiger partial charge in [-0.15, -0.1) is 0 Å². The monoisotopic (exact) mass is 273 g/mol. The fourth-order valence-electron chi connectivity index (χ4n) is 2.94. The van der Waals surface area contributed by atoms with Gasteiger partial charge in [-0.05, 0) is 24.8 Å². The molecule has 0 aliphatic carbocycles. The van der Waals surface area contributed by atoms with E-state index in [-0.39, 0.29) is 11.9 Å². The summed E-state index contributed by atoms with van der Waals surface area (Å²) in [5.41, 5.74) is 6.28. The van der Waals surface area contributed by atoms with Crippen molar-refractivity contribution in [2.75, 3.05) is 13.1 Å². The van der Waals surface area contributed by atoms with Gasteiger partial charge in [0.15, 0.2) is 0 Å². The molecule has 1 fully saturated rings. The predicted molar refractivity (Wildman–Crippen MR) is 75.3 cm³/mol. The van der Waals surface area contributed by atoms with Crippen molar-refractivity contribution in [3.63, 3.8) is 0 Å². The average molecular weight is 273 g/mol. The van der Waals surface area contributed by atoms with Gasteiger partial charge >= 0.3 is 0 Å². The molecule has 1 aliphatic rings. The van der Waals surface area contributed by atoms with Crippen molar-refractivity contribution in [3.8, 4) is 0 Å². The number of carbonyl (C=O) groups excluding carboxylic acids is 1. The maximum absolute atomic E-state index is 12.7. The van der Waals surface area contributed by atoms with Crippen molar-refractivity contribution in [1.82, 2.24) is 19.3 Å². The summed E-state index contributed by atoms with van der Waals surface area (Å²) >= 11 is 0. The Morgan fingerprint density at radius 3 is 3.15 bits per heavy atom.